The van der Waals surface area contributed by atoms with Gasteiger partial charge >= 0.3 is 6.18 Å². The van der Waals surface area contributed by atoms with Crippen LogP contribution in [0.3, 0.4) is 0 Å². The molecule has 1 aliphatic heterocycles. The maximum Gasteiger partial charge on any atom is 0.408 e. The van der Waals surface area contributed by atoms with Gasteiger partial charge in [0.1, 0.15) is 23.9 Å². The molecule has 4 heterocycles. The van der Waals surface area contributed by atoms with E-state index in [0.717, 1.165) is 14.5 Å². The molecule has 1 saturated heterocycles. The number of hydrogen-bond donors (Lipinski definition) is 1. The fourth-order valence-corrected chi connectivity index (χ4v) is 5.47. The molecule has 0 spiro atoms. The van der Waals surface area contributed by atoms with Crippen LogP contribution in [0.5, 0.6) is 0 Å². The molecule has 10 nitrogen and oxygen atoms in total. The largest absolute Gasteiger partial charge is 0.408 e. The van der Waals surface area contributed by atoms with Gasteiger partial charge in [0.15, 0.2) is 5.82 Å². The number of fused-ring (bicyclic) bond motifs is 1. The van der Waals surface area contributed by atoms with Crippen molar-refractivity contribution in [2.24, 2.45) is 0 Å². The number of alkyl halides is 3. The Kier molecular flexibility index (Phi) is 6.59. The molecule has 3 aromatic heterocycles. The number of hydrogen-bond acceptors (Lipinski definition) is 6. The van der Waals surface area contributed by atoms with Gasteiger partial charge in [0.25, 0.3) is 5.91 Å². The lowest BCUT2D eigenvalue weighted by Gasteiger charge is -2.65. The van der Waals surface area contributed by atoms with E-state index in [1.165, 1.54) is 43.9 Å². The van der Waals surface area contributed by atoms with Gasteiger partial charge in [0, 0.05) is 29.9 Å². The molecule has 17 heteroatoms. The number of amides is 2. The summed E-state index contributed by atoms with van der Waals surface area (Å²) in [6.07, 6.45) is -2.09. The second kappa shape index (κ2) is 9.43. The Hall–Kier alpha value is -4.16. The molecule has 1 aromatic carbocycles. The summed E-state index contributed by atoms with van der Waals surface area (Å²) in [5.74, 6) is -1.26. The fourth-order valence-electron chi connectivity index (χ4n) is 5.47. The number of nitrogens with two attached hydrogens (primary N) is 1. The average Bonchev–Trinajstić information content (AvgIpc) is 3.46. The van der Waals surface area contributed by atoms with Crippen molar-refractivity contribution in [2.45, 2.75) is 49.7 Å². The minimum atomic E-state index is -4.53. The van der Waals surface area contributed by atoms with Gasteiger partial charge < -0.3 is 15.5 Å². The molecule has 206 valence electrons. The van der Waals surface area contributed by atoms with Gasteiger partial charge in [-0.3, -0.25) is 14.3 Å². The SMILES string of the molecule is [B]C1([B])N(c2cccc(-c3cc(-c4ccnn4CC(F)(F)F)c4c(N)ncnn34)c2)C(=O)C(C)(C)N(C(C)=O)C1([B])[B]. The average molecular weight is 566 g/mol. The van der Waals surface area contributed by atoms with Crippen LogP contribution in [0, 0.1) is 0 Å². The Morgan fingerprint density at radius 2 is 1.71 bits per heavy atom. The molecule has 2 N–H and O–H groups in total. The summed E-state index contributed by atoms with van der Waals surface area (Å²) in [5, 5.41) is 3.63. The Balaban J connectivity index is 1.68. The van der Waals surface area contributed by atoms with Gasteiger partial charge in [-0.15, -0.1) is 0 Å². The van der Waals surface area contributed by atoms with Crippen molar-refractivity contribution in [3.8, 4) is 22.5 Å². The van der Waals surface area contributed by atoms with Crippen molar-refractivity contribution in [1.82, 2.24) is 29.3 Å². The van der Waals surface area contributed by atoms with Crippen molar-refractivity contribution >= 4 is 60.2 Å². The van der Waals surface area contributed by atoms with Crippen LogP contribution >= 0.6 is 0 Å². The van der Waals surface area contributed by atoms with E-state index in [2.05, 4.69) is 15.2 Å². The highest BCUT2D eigenvalue weighted by Crippen LogP contribution is 2.42. The summed E-state index contributed by atoms with van der Waals surface area (Å²) in [6.45, 7) is 2.80. The van der Waals surface area contributed by atoms with E-state index in [1.54, 1.807) is 30.3 Å². The van der Waals surface area contributed by atoms with Gasteiger partial charge in [-0.2, -0.15) is 23.4 Å². The number of nitrogen functional groups attached to an aromatic ring is 1. The van der Waals surface area contributed by atoms with E-state index in [0.29, 0.717) is 11.3 Å². The molecule has 0 saturated carbocycles. The third-order valence-corrected chi connectivity index (χ3v) is 7.29. The first-order valence-electron chi connectivity index (χ1n) is 12.5. The molecule has 1 aliphatic rings. The zero-order valence-electron chi connectivity index (χ0n) is 22.8. The number of piperazine rings is 1. The maximum absolute atomic E-state index is 13.8. The van der Waals surface area contributed by atoms with Gasteiger partial charge in [0.2, 0.25) is 5.91 Å². The molecule has 0 bridgehead atoms. The van der Waals surface area contributed by atoms with Gasteiger partial charge in [0.05, 0.1) is 42.8 Å². The van der Waals surface area contributed by atoms with Crippen LogP contribution in [-0.4, -0.2) is 94.9 Å². The molecule has 4 aromatic rings. The molecule has 8 radical (unpaired) electrons. The highest BCUT2D eigenvalue weighted by Gasteiger charge is 2.59. The lowest BCUT2D eigenvalue weighted by molar-refractivity contribution is -0.150. The zero-order valence-corrected chi connectivity index (χ0v) is 22.8. The Morgan fingerprint density at radius 1 is 1.02 bits per heavy atom. The molecule has 5 rings (SSSR count). The van der Waals surface area contributed by atoms with Crippen LogP contribution in [-0.2, 0) is 16.1 Å². The predicted molar refractivity (Wildman–Crippen MR) is 153 cm³/mol. The van der Waals surface area contributed by atoms with Crippen LogP contribution in [0.25, 0.3) is 28.0 Å². The van der Waals surface area contributed by atoms with Gasteiger partial charge in [-0.05, 0) is 48.8 Å². The van der Waals surface area contributed by atoms with Crippen molar-refractivity contribution in [3.63, 3.8) is 0 Å². The van der Waals surface area contributed by atoms with Crippen molar-refractivity contribution in [2.75, 3.05) is 10.6 Å². The van der Waals surface area contributed by atoms with Gasteiger partial charge in [-0.25, -0.2) is 9.50 Å². The van der Waals surface area contributed by atoms with Crippen LogP contribution < -0.4 is 10.6 Å². The molecule has 42 heavy (non-hydrogen) atoms. The third-order valence-electron chi connectivity index (χ3n) is 7.29. The Labute approximate surface area is 244 Å². The Bertz CT molecular complexity index is 1730. The number of carbonyl (C=O) groups excluding carboxylic acids is 2. The second-order valence-corrected chi connectivity index (χ2v) is 10.6. The van der Waals surface area contributed by atoms with E-state index in [9.17, 15) is 22.8 Å². The van der Waals surface area contributed by atoms with E-state index in [4.69, 9.17) is 37.1 Å². The highest BCUT2D eigenvalue weighted by atomic mass is 19.4. The standard InChI is InChI=1S/C25H21B4F3N8O2/c1-13(41)40-22(2,3)21(42)38(24(26,27)25(40,28)29)15-6-4-5-14(9-15)18-10-16(19-20(33)34-12-36-39(18)19)17-7-8-35-37(17)11-23(30,31)32/h4-10,12H,11H2,1-3H3,(H2,33,34,36). The van der Waals surface area contributed by atoms with Crippen LogP contribution in [0.2, 0.25) is 0 Å². The summed E-state index contributed by atoms with van der Waals surface area (Å²) in [6, 6.07) is 9.38. The number of anilines is 2. The molecular weight excluding hydrogens is 545 g/mol. The van der Waals surface area contributed by atoms with Crippen molar-refractivity contribution < 1.29 is 22.8 Å². The lowest BCUT2D eigenvalue weighted by atomic mass is 9.35. The third kappa shape index (κ3) is 4.36. The smallest absolute Gasteiger partial charge is 0.382 e. The number of halogens is 3. The molecule has 0 unspecified atom stereocenters. The van der Waals surface area contributed by atoms with Crippen LogP contribution in [0.4, 0.5) is 24.7 Å². The number of benzene rings is 1. The minimum Gasteiger partial charge on any atom is -0.382 e. The molecule has 2 amide bonds. The summed E-state index contributed by atoms with van der Waals surface area (Å²) in [5.41, 5.74) is 6.29. The predicted octanol–water partition coefficient (Wildman–Crippen LogP) is 1.36. The molecule has 0 aliphatic carbocycles. The molecule has 1 fully saturated rings. The van der Waals surface area contributed by atoms with E-state index in [-0.39, 0.29) is 28.3 Å². The van der Waals surface area contributed by atoms with Crippen molar-refractivity contribution in [1.29, 1.82) is 0 Å². The summed E-state index contributed by atoms with van der Waals surface area (Å²) >= 11 is 0. The van der Waals surface area contributed by atoms with Crippen LogP contribution in [0.1, 0.15) is 20.8 Å². The monoisotopic (exact) mass is 566 g/mol. The normalized spacial score (nSPS) is 18.0. The van der Waals surface area contributed by atoms with E-state index in [1.807, 2.05) is 0 Å². The lowest BCUT2D eigenvalue weighted by Crippen LogP contribution is -2.85. The molecular formula is C25H21B4F3N8O2. The van der Waals surface area contributed by atoms with Gasteiger partial charge in [-0.1, -0.05) is 12.1 Å². The van der Waals surface area contributed by atoms with Crippen LogP contribution in [0.15, 0.2) is 48.9 Å². The maximum atomic E-state index is 13.8. The minimum absolute atomic E-state index is 0.0124. The summed E-state index contributed by atoms with van der Waals surface area (Å²) < 4.78 is 42.0. The number of nitrogens with zero attached hydrogens (tertiary/aromatic N) is 7. The van der Waals surface area contributed by atoms with E-state index < -0.39 is 40.7 Å². The second-order valence-electron chi connectivity index (χ2n) is 10.6. The topological polar surface area (TPSA) is 115 Å². The number of aromatic nitrogens is 5. The zero-order chi connectivity index (χ0) is 31.0. The number of rotatable bonds is 4. The first kappa shape index (κ1) is 29.3. The number of carbonyl (C=O) groups is 2. The Morgan fingerprint density at radius 3 is 2.36 bits per heavy atom. The molecule has 0 atom stereocenters. The van der Waals surface area contributed by atoms with Crippen molar-refractivity contribution in [3.05, 3.63) is 48.9 Å². The quantitative estimate of drug-likeness (QED) is 0.374. The highest BCUT2D eigenvalue weighted by molar-refractivity contribution is 6.58. The first-order valence-corrected chi connectivity index (χ1v) is 12.5. The van der Waals surface area contributed by atoms with E-state index >= 15 is 0 Å². The summed E-state index contributed by atoms with van der Waals surface area (Å²) in [7, 11) is 25.5. The summed E-state index contributed by atoms with van der Waals surface area (Å²) in [4.78, 5) is 32.3. The fraction of sp³-hybridized carbons (Fsp3) is 0.320. The first-order chi connectivity index (χ1) is 19.4.